The van der Waals surface area contributed by atoms with Gasteiger partial charge in [-0.15, -0.1) is 0 Å². The highest BCUT2D eigenvalue weighted by atomic mass is 16.5. The maximum absolute atomic E-state index is 5.66. The van der Waals surface area contributed by atoms with Gasteiger partial charge >= 0.3 is 0 Å². The minimum atomic E-state index is 0.0667. The van der Waals surface area contributed by atoms with E-state index in [2.05, 4.69) is 49.4 Å². The summed E-state index contributed by atoms with van der Waals surface area (Å²) in [5.41, 5.74) is 5.83. The van der Waals surface area contributed by atoms with E-state index in [0.717, 1.165) is 29.1 Å². The molecule has 0 saturated heterocycles. The van der Waals surface area contributed by atoms with Gasteiger partial charge in [0.25, 0.3) is 0 Å². The largest absolute Gasteiger partial charge is 0.496 e. The molecule has 114 valence electrons. The summed E-state index contributed by atoms with van der Waals surface area (Å²) in [5, 5.41) is 7.95. The molecule has 0 fully saturated rings. The Morgan fingerprint density at radius 1 is 1.33 bits per heavy atom. The number of hydrogen-bond acceptors (Lipinski definition) is 3. The highest BCUT2D eigenvalue weighted by Gasteiger charge is 2.22. The van der Waals surface area contributed by atoms with Crippen LogP contribution in [0.2, 0.25) is 0 Å². The Kier molecular flexibility index (Phi) is 4.68. The Balaban J connectivity index is 2.56. The first-order valence-electron chi connectivity index (χ1n) is 7.37. The number of nitrogens with one attached hydrogen (secondary N) is 1. The van der Waals surface area contributed by atoms with Crippen LogP contribution in [0.5, 0.6) is 5.75 Å². The molecule has 1 aromatic carbocycles. The van der Waals surface area contributed by atoms with Gasteiger partial charge in [0.1, 0.15) is 5.75 Å². The number of rotatable bonds is 5. The normalized spacial score (nSPS) is 12.5. The van der Waals surface area contributed by atoms with Gasteiger partial charge in [-0.3, -0.25) is 4.68 Å². The molecule has 2 rings (SSSR count). The van der Waals surface area contributed by atoms with Crippen molar-refractivity contribution in [3.63, 3.8) is 0 Å². The van der Waals surface area contributed by atoms with Crippen molar-refractivity contribution in [3.05, 3.63) is 46.3 Å². The van der Waals surface area contributed by atoms with Gasteiger partial charge < -0.3 is 10.1 Å². The Labute approximate surface area is 127 Å². The number of benzene rings is 1. The van der Waals surface area contributed by atoms with E-state index in [0.29, 0.717) is 0 Å². The van der Waals surface area contributed by atoms with Gasteiger partial charge in [0, 0.05) is 12.6 Å². The number of ether oxygens (including phenoxy) is 1. The molecule has 1 atom stereocenters. The lowest BCUT2D eigenvalue weighted by atomic mass is 9.97. The lowest BCUT2D eigenvalue weighted by molar-refractivity contribution is 0.400. The van der Waals surface area contributed by atoms with Crippen molar-refractivity contribution >= 4 is 0 Å². The summed E-state index contributed by atoms with van der Waals surface area (Å²) < 4.78 is 7.62. The van der Waals surface area contributed by atoms with Crippen molar-refractivity contribution in [3.8, 4) is 5.75 Å². The van der Waals surface area contributed by atoms with E-state index in [1.165, 1.54) is 11.1 Å². The second-order valence-electron chi connectivity index (χ2n) is 5.39. The molecule has 1 unspecified atom stereocenters. The molecule has 0 bridgehead atoms. The molecule has 21 heavy (non-hydrogen) atoms. The quantitative estimate of drug-likeness (QED) is 0.919. The highest BCUT2D eigenvalue weighted by molar-refractivity contribution is 5.49. The van der Waals surface area contributed by atoms with Gasteiger partial charge in [0.05, 0.1) is 24.5 Å². The SMILES string of the molecule is CCc1cc(C(NC)c2ccc(C)c(C)c2OC)n(C)n1. The first kappa shape index (κ1) is 15.6. The monoisotopic (exact) mass is 287 g/mol. The molecule has 0 aliphatic carbocycles. The number of hydrogen-bond donors (Lipinski definition) is 1. The van der Waals surface area contributed by atoms with Crippen LogP contribution >= 0.6 is 0 Å². The van der Waals surface area contributed by atoms with E-state index in [1.807, 2.05) is 18.8 Å². The van der Waals surface area contributed by atoms with Crippen LogP contribution in [-0.2, 0) is 13.5 Å². The van der Waals surface area contributed by atoms with Gasteiger partial charge in [-0.25, -0.2) is 0 Å². The smallest absolute Gasteiger partial charge is 0.127 e. The number of aryl methyl sites for hydroxylation is 3. The Hall–Kier alpha value is -1.81. The zero-order chi connectivity index (χ0) is 15.6. The molecule has 4 heteroatoms. The van der Waals surface area contributed by atoms with Crippen molar-refractivity contribution in [2.75, 3.05) is 14.2 Å². The summed E-state index contributed by atoms with van der Waals surface area (Å²) in [6, 6.07) is 6.52. The van der Waals surface area contributed by atoms with Crippen LogP contribution in [0, 0.1) is 13.8 Å². The molecule has 4 nitrogen and oxygen atoms in total. The summed E-state index contributed by atoms with van der Waals surface area (Å²) in [6.45, 7) is 6.33. The first-order valence-corrected chi connectivity index (χ1v) is 7.37. The Morgan fingerprint density at radius 3 is 2.57 bits per heavy atom. The van der Waals surface area contributed by atoms with E-state index in [-0.39, 0.29) is 6.04 Å². The summed E-state index contributed by atoms with van der Waals surface area (Å²) in [6.07, 6.45) is 0.939. The third kappa shape index (κ3) is 2.81. The zero-order valence-corrected chi connectivity index (χ0v) is 13.8. The van der Waals surface area contributed by atoms with Crippen molar-refractivity contribution in [1.29, 1.82) is 0 Å². The molecule has 1 aromatic heterocycles. The number of nitrogens with zero attached hydrogens (tertiary/aromatic N) is 2. The average Bonchev–Trinajstić information content (AvgIpc) is 2.85. The predicted molar refractivity (Wildman–Crippen MR) is 86.0 cm³/mol. The molecular weight excluding hydrogens is 262 g/mol. The van der Waals surface area contributed by atoms with Crippen LogP contribution in [0.25, 0.3) is 0 Å². The summed E-state index contributed by atoms with van der Waals surface area (Å²) >= 11 is 0. The van der Waals surface area contributed by atoms with E-state index >= 15 is 0 Å². The molecule has 2 aromatic rings. The average molecular weight is 287 g/mol. The fourth-order valence-electron chi connectivity index (χ4n) is 2.76. The minimum absolute atomic E-state index is 0.0667. The van der Waals surface area contributed by atoms with Gasteiger partial charge in [0.15, 0.2) is 0 Å². The van der Waals surface area contributed by atoms with E-state index in [1.54, 1.807) is 7.11 Å². The van der Waals surface area contributed by atoms with Gasteiger partial charge in [-0.05, 0) is 44.5 Å². The molecule has 0 spiro atoms. The number of aromatic nitrogens is 2. The fourth-order valence-corrected chi connectivity index (χ4v) is 2.76. The van der Waals surface area contributed by atoms with Crippen LogP contribution < -0.4 is 10.1 Å². The van der Waals surface area contributed by atoms with Crippen LogP contribution in [0.1, 0.15) is 41.0 Å². The molecule has 0 aliphatic rings. The molecule has 0 radical (unpaired) electrons. The summed E-state index contributed by atoms with van der Waals surface area (Å²) in [5.74, 6) is 0.952. The maximum Gasteiger partial charge on any atom is 0.127 e. The lowest BCUT2D eigenvalue weighted by Gasteiger charge is -2.21. The lowest BCUT2D eigenvalue weighted by Crippen LogP contribution is -2.21. The second-order valence-corrected chi connectivity index (χ2v) is 5.39. The third-order valence-electron chi connectivity index (χ3n) is 4.14. The van der Waals surface area contributed by atoms with Gasteiger partial charge in [0.2, 0.25) is 0 Å². The number of methoxy groups -OCH3 is 1. The molecule has 0 aliphatic heterocycles. The topological polar surface area (TPSA) is 39.1 Å². The predicted octanol–water partition coefficient (Wildman–Crippen LogP) is 2.92. The molecule has 1 N–H and O–H groups in total. The first-order chi connectivity index (χ1) is 10.0. The van der Waals surface area contributed by atoms with Crippen molar-refractivity contribution in [1.82, 2.24) is 15.1 Å². The summed E-state index contributed by atoms with van der Waals surface area (Å²) in [7, 11) is 5.70. The highest BCUT2D eigenvalue weighted by Crippen LogP contribution is 2.34. The van der Waals surface area contributed by atoms with Crippen LogP contribution in [-0.4, -0.2) is 23.9 Å². The summed E-state index contributed by atoms with van der Waals surface area (Å²) in [4.78, 5) is 0. The Morgan fingerprint density at radius 2 is 2.05 bits per heavy atom. The molecule has 0 saturated carbocycles. The van der Waals surface area contributed by atoms with Crippen LogP contribution in [0.15, 0.2) is 18.2 Å². The Bertz CT molecular complexity index is 631. The van der Waals surface area contributed by atoms with Crippen LogP contribution in [0.3, 0.4) is 0 Å². The zero-order valence-electron chi connectivity index (χ0n) is 13.8. The molecular formula is C17H25N3O. The standard InChI is InChI=1S/C17H25N3O/c1-7-13-10-15(20(5)19-13)16(18-4)14-9-8-11(2)12(3)17(14)21-6/h8-10,16,18H,7H2,1-6H3. The van der Waals surface area contributed by atoms with Crippen molar-refractivity contribution < 1.29 is 4.74 Å². The second kappa shape index (κ2) is 6.31. The van der Waals surface area contributed by atoms with E-state index in [4.69, 9.17) is 4.74 Å². The van der Waals surface area contributed by atoms with Crippen molar-refractivity contribution in [2.45, 2.75) is 33.2 Å². The fraction of sp³-hybridized carbons (Fsp3) is 0.471. The van der Waals surface area contributed by atoms with Gasteiger partial charge in [-0.1, -0.05) is 19.1 Å². The van der Waals surface area contributed by atoms with E-state index < -0.39 is 0 Å². The molecule has 1 heterocycles. The third-order valence-corrected chi connectivity index (χ3v) is 4.14. The molecule has 0 amide bonds. The maximum atomic E-state index is 5.66. The minimum Gasteiger partial charge on any atom is -0.496 e. The van der Waals surface area contributed by atoms with E-state index in [9.17, 15) is 0 Å². The van der Waals surface area contributed by atoms with Gasteiger partial charge in [-0.2, -0.15) is 5.10 Å². The van der Waals surface area contributed by atoms with Crippen LogP contribution in [0.4, 0.5) is 0 Å². The van der Waals surface area contributed by atoms with Crippen molar-refractivity contribution in [2.24, 2.45) is 7.05 Å².